The Labute approximate surface area is 174 Å². The molecule has 1 saturated heterocycles. The standard InChI is InChI=1S/C21H26N4OS2/c1-16(21(26)22-9-8-17-5-4-14-27-17)25-12-10-24(11-13-25)15-20-23-18-6-2-3-7-19(18)28-20/h2-7,14,16H,8-13,15H2,1H3,(H,22,26)/t16-/m1/s1. The molecule has 1 amide bonds. The molecule has 5 nitrogen and oxygen atoms in total. The molecule has 1 atom stereocenters. The van der Waals surface area contributed by atoms with Crippen LogP contribution >= 0.6 is 22.7 Å². The summed E-state index contributed by atoms with van der Waals surface area (Å²) in [7, 11) is 0. The minimum Gasteiger partial charge on any atom is -0.354 e. The van der Waals surface area contributed by atoms with Crippen LogP contribution in [0.25, 0.3) is 10.2 Å². The topological polar surface area (TPSA) is 48.5 Å². The maximum absolute atomic E-state index is 12.5. The third kappa shape index (κ3) is 4.78. The van der Waals surface area contributed by atoms with E-state index < -0.39 is 0 Å². The molecule has 1 aliphatic rings. The van der Waals surface area contributed by atoms with Crippen LogP contribution in [0.1, 0.15) is 16.8 Å². The van der Waals surface area contributed by atoms with Crippen molar-refractivity contribution < 1.29 is 4.79 Å². The molecule has 2 aromatic heterocycles. The van der Waals surface area contributed by atoms with Gasteiger partial charge >= 0.3 is 0 Å². The van der Waals surface area contributed by atoms with Crippen molar-refractivity contribution in [2.75, 3.05) is 32.7 Å². The smallest absolute Gasteiger partial charge is 0.237 e. The fraction of sp³-hybridized carbons (Fsp3) is 0.429. The first-order chi connectivity index (χ1) is 13.7. The van der Waals surface area contributed by atoms with E-state index in [0.717, 1.165) is 44.7 Å². The SMILES string of the molecule is C[C@H](C(=O)NCCc1cccs1)N1CCN(Cc2nc3ccccc3s2)CC1. The highest BCUT2D eigenvalue weighted by molar-refractivity contribution is 7.18. The average Bonchev–Trinajstić information content (AvgIpc) is 3.37. The van der Waals surface area contributed by atoms with Crippen LogP contribution in [-0.4, -0.2) is 59.5 Å². The number of nitrogens with zero attached hydrogens (tertiary/aromatic N) is 3. The van der Waals surface area contributed by atoms with Gasteiger partial charge in [-0.05, 0) is 36.9 Å². The molecule has 3 aromatic rings. The van der Waals surface area contributed by atoms with Crippen molar-refractivity contribution in [1.29, 1.82) is 0 Å². The average molecular weight is 415 g/mol. The Morgan fingerprint density at radius 2 is 2.00 bits per heavy atom. The van der Waals surface area contributed by atoms with Crippen LogP contribution in [0.5, 0.6) is 0 Å². The fourth-order valence-corrected chi connectivity index (χ4v) is 5.28. The summed E-state index contributed by atoms with van der Waals surface area (Å²) < 4.78 is 1.25. The first kappa shape index (κ1) is 19.5. The highest BCUT2D eigenvalue weighted by Crippen LogP contribution is 2.23. The molecule has 4 rings (SSSR count). The number of thiazole rings is 1. The Hall–Kier alpha value is -1.80. The first-order valence-corrected chi connectivity index (χ1v) is 11.5. The number of benzene rings is 1. The number of carbonyl (C=O) groups is 1. The molecule has 0 aliphatic carbocycles. The third-order valence-electron chi connectivity index (χ3n) is 5.28. The van der Waals surface area contributed by atoms with E-state index >= 15 is 0 Å². The van der Waals surface area contributed by atoms with Gasteiger partial charge in [0.25, 0.3) is 0 Å². The van der Waals surface area contributed by atoms with Crippen molar-refractivity contribution in [3.8, 4) is 0 Å². The summed E-state index contributed by atoms with van der Waals surface area (Å²) in [5.41, 5.74) is 1.09. The van der Waals surface area contributed by atoms with Gasteiger partial charge in [-0.25, -0.2) is 4.98 Å². The summed E-state index contributed by atoms with van der Waals surface area (Å²) in [6.07, 6.45) is 0.909. The molecule has 1 N–H and O–H groups in total. The Morgan fingerprint density at radius 3 is 2.75 bits per heavy atom. The molecular weight excluding hydrogens is 388 g/mol. The minimum atomic E-state index is -0.0760. The van der Waals surface area contributed by atoms with Crippen molar-refractivity contribution >= 4 is 38.8 Å². The lowest BCUT2D eigenvalue weighted by molar-refractivity contribution is -0.126. The fourth-order valence-electron chi connectivity index (χ4n) is 3.56. The van der Waals surface area contributed by atoms with Crippen molar-refractivity contribution in [3.05, 3.63) is 51.7 Å². The predicted octanol–water partition coefficient (Wildman–Crippen LogP) is 3.22. The number of rotatable bonds is 7. The van der Waals surface area contributed by atoms with Gasteiger partial charge in [0.05, 0.1) is 22.8 Å². The molecule has 0 spiro atoms. The zero-order chi connectivity index (χ0) is 19.3. The molecule has 28 heavy (non-hydrogen) atoms. The van der Waals surface area contributed by atoms with Gasteiger partial charge in [-0.3, -0.25) is 14.6 Å². The van der Waals surface area contributed by atoms with Crippen molar-refractivity contribution in [3.63, 3.8) is 0 Å². The lowest BCUT2D eigenvalue weighted by Crippen LogP contribution is -2.53. The van der Waals surface area contributed by atoms with E-state index in [4.69, 9.17) is 4.98 Å². The van der Waals surface area contributed by atoms with E-state index in [0.29, 0.717) is 6.54 Å². The van der Waals surface area contributed by atoms with Crippen LogP contribution in [0, 0.1) is 0 Å². The monoisotopic (exact) mass is 414 g/mol. The van der Waals surface area contributed by atoms with Gasteiger partial charge in [0.2, 0.25) is 5.91 Å². The third-order valence-corrected chi connectivity index (χ3v) is 7.24. The van der Waals surface area contributed by atoms with E-state index in [9.17, 15) is 4.79 Å². The molecular formula is C21H26N4OS2. The van der Waals surface area contributed by atoms with Gasteiger partial charge in [0.15, 0.2) is 0 Å². The molecule has 0 unspecified atom stereocenters. The first-order valence-electron chi connectivity index (χ1n) is 9.80. The summed E-state index contributed by atoms with van der Waals surface area (Å²) in [6, 6.07) is 12.4. The Morgan fingerprint density at radius 1 is 1.18 bits per heavy atom. The van der Waals surface area contributed by atoms with Gasteiger partial charge in [0.1, 0.15) is 5.01 Å². The highest BCUT2D eigenvalue weighted by atomic mass is 32.1. The van der Waals surface area contributed by atoms with Crippen LogP contribution in [0.4, 0.5) is 0 Å². The number of hydrogen-bond donors (Lipinski definition) is 1. The number of nitrogens with one attached hydrogen (secondary N) is 1. The Balaban J connectivity index is 1.22. The quantitative estimate of drug-likeness (QED) is 0.645. The number of para-hydroxylation sites is 1. The van der Waals surface area contributed by atoms with Crippen LogP contribution in [0.3, 0.4) is 0 Å². The second-order valence-corrected chi connectivity index (χ2v) is 9.33. The molecule has 1 fully saturated rings. The van der Waals surface area contributed by atoms with Gasteiger partial charge < -0.3 is 5.32 Å². The van der Waals surface area contributed by atoms with Crippen LogP contribution in [-0.2, 0) is 17.8 Å². The second-order valence-electron chi connectivity index (χ2n) is 7.18. The number of piperazine rings is 1. The predicted molar refractivity (Wildman–Crippen MR) is 117 cm³/mol. The number of aromatic nitrogens is 1. The van der Waals surface area contributed by atoms with Gasteiger partial charge in [0, 0.05) is 37.6 Å². The molecule has 0 saturated carbocycles. The van der Waals surface area contributed by atoms with Crippen LogP contribution in [0.2, 0.25) is 0 Å². The van der Waals surface area contributed by atoms with E-state index in [1.54, 1.807) is 22.7 Å². The normalized spacial score (nSPS) is 17.0. The summed E-state index contributed by atoms with van der Waals surface area (Å²) in [6.45, 7) is 7.42. The van der Waals surface area contributed by atoms with Gasteiger partial charge in [-0.1, -0.05) is 18.2 Å². The molecule has 0 radical (unpaired) electrons. The number of fused-ring (bicyclic) bond motifs is 1. The minimum absolute atomic E-state index is 0.0760. The van der Waals surface area contributed by atoms with E-state index in [2.05, 4.69) is 50.8 Å². The Bertz CT molecular complexity index is 867. The van der Waals surface area contributed by atoms with Crippen molar-refractivity contribution in [1.82, 2.24) is 20.1 Å². The summed E-state index contributed by atoms with van der Waals surface area (Å²) in [5, 5.41) is 6.34. The lowest BCUT2D eigenvalue weighted by atomic mass is 10.2. The zero-order valence-electron chi connectivity index (χ0n) is 16.1. The molecule has 7 heteroatoms. The van der Waals surface area contributed by atoms with E-state index in [1.165, 1.54) is 14.6 Å². The second kappa shape index (κ2) is 9.13. The highest BCUT2D eigenvalue weighted by Gasteiger charge is 2.25. The maximum Gasteiger partial charge on any atom is 0.237 e. The van der Waals surface area contributed by atoms with Crippen LogP contribution < -0.4 is 5.32 Å². The van der Waals surface area contributed by atoms with E-state index in [-0.39, 0.29) is 11.9 Å². The zero-order valence-corrected chi connectivity index (χ0v) is 17.8. The molecule has 1 aliphatic heterocycles. The number of amides is 1. The van der Waals surface area contributed by atoms with E-state index in [1.807, 2.05) is 13.0 Å². The summed E-state index contributed by atoms with van der Waals surface area (Å²) >= 11 is 3.52. The molecule has 148 valence electrons. The van der Waals surface area contributed by atoms with Crippen LogP contribution in [0.15, 0.2) is 41.8 Å². The van der Waals surface area contributed by atoms with Crippen molar-refractivity contribution in [2.24, 2.45) is 0 Å². The van der Waals surface area contributed by atoms with Crippen molar-refractivity contribution in [2.45, 2.75) is 25.9 Å². The lowest BCUT2D eigenvalue weighted by Gasteiger charge is -2.37. The number of hydrogen-bond acceptors (Lipinski definition) is 6. The Kier molecular flexibility index (Phi) is 6.36. The summed E-state index contributed by atoms with van der Waals surface area (Å²) in [4.78, 5) is 23.3. The number of carbonyl (C=O) groups excluding carboxylic acids is 1. The van der Waals surface area contributed by atoms with Gasteiger partial charge in [-0.2, -0.15) is 0 Å². The summed E-state index contributed by atoms with van der Waals surface area (Å²) in [5.74, 6) is 0.135. The van der Waals surface area contributed by atoms with Gasteiger partial charge in [-0.15, -0.1) is 22.7 Å². The largest absolute Gasteiger partial charge is 0.354 e. The molecule has 1 aromatic carbocycles. The number of thiophene rings is 1. The maximum atomic E-state index is 12.5. The molecule has 0 bridgehead atoms. The molecule has 3 heterocycles.